The zero-order valence-electron chi connectivity index (χ0n) is 13.7. The van der Waals surface area contributed by atoms with Crippen LogP contribution >= 0.6 is 0 Å². The van der Waals surface area contributed by atoms with Crippen LogP contribution in [0.15, 0.2) is 0 Å². The molecule has 0 fully saturated rings. The van der Waals surface area contributed by atoms with Gasteiger partial charge in [0.25, 0.3) is 0 Å². The van der Waals surface area contributed by atoms with E-state index in [4.69, 9.17) is 39.6 Å². The van der Waals surface area contributed by atoms with Crippen LogP contribution < -0.4 is 24.8 Å². The van der Waals surface area contributed by atoms with Crippen LogP contribution in [0, 0.1) is 0 Å². The predicted octanol–water partition coefficient (Wildman–Crippen LogP) is -3.46. The Hall–Kier alpha value is -0.951. The Bertz CT molecular complexity index is 451. The third-order valence-electron chi connectivity index (χ3n) is 0.970. The summed E-state index contributed by atoms with van der Waals surface area (Å²) in [4.78, 5) is 35.6. The van der Waals surface area contributed by atoms with E-state index < -0.39 is 48.6 Å². The molecule has 0 aliphatic rings. The van der Waals surface area contributed by atoms with Crippen LogP contribution in [0.2, 0.25) is 0 Å². The SMILES string of the molecule is O=C(O)C(F)(F)F.O=C(O)C(F)(F)F.O=C(O)C(F)(F)F.O=C(O)C(F)(F)F.[Cl-].[Cl-].[Ti].[Ti]. The number of rotatable bonds is 0. The van der Waals surface area contributed by atoms with Crippen molar-refractivity contribution in [1.29, 1.82) is 0 Å². The second-order valence-corrected chi connectivity index (χ2v) is 3.21. The van der Waals surface area contributed by atoms with Crippen LogP contribution in [0.4, 0.5) is 52.7 Å². The van der Waals surface area contributed by atoms with Crippen molar-refractivity contribution in [3.05, 3.63) is 0 Å². The number of alkyl halides is 12. The van der Waals surface area contributed by atoms with Gasteiger partial charge < -0.3 is 45.2 Å². The molecule has 0 aliphatic carbocycles. The summed E-state index contributed by atoms with van der Waals surface area (Å²) in [5.41, 5.74) is 0. The molecule has 0 amide bonds. The van der Waals surface area contributed by atoms with Crippen molar-refractivity contribution < 1.29 is 161 Å². The van der Waals surface area contributed by atoms with Gasteiger partial charge in [-0.25, -0.2) is 19.2 Å². The molecule has 0 aromatic heterocycles. The fraction of sp³-hybridized carbons (Fsp3) is 0.500. The molecular formula is C8H4Cl2F12O8Ti2-2. The zero-order chi connectivity index (χ0) is 24.3. The normalized spacial score (nSPS) is 9.88. The summed E-state index contributed by atoms with van der Waals surface area (Å²) in [6.45, 7) is 0. The third-order valence-corrected chi connectivity index (χ3v) is 0.970. The fourth-order valence-electron chi connectivity index (χ4n) is 0. The van der Waals surface area contributed by atoms with Gasteiger partial charge in [0, 0.05) is 43.4 Å². The van der Waals surface area contributed by atoms with Crippen LogP contribution in [0.3, 0.4) is 0 Å². The summed E-state index contributed by atoms with van der Waals surface area (Å²) in [7, 11) is 0. The molecule has 0 heterocycles. The molecular weight excluding hydrogens is 619 g/mol. The number of carboxylic acids is 4. The van der Waals surface area contributed by atoms with E-state index in [0.717, 1.165) is 0 Å². The number of carbonyl (C=O) groups is 4. The average molecular weight is 623 g/mol. The molecule has 0 atom stereocenters. The quantitative estimate of drug-likeness (QED) is 0.161. The molecule has 0 aromatic rings. The third kappa shape index (κ3) is 43.0. The first-order chi connectivity index (χ1) is 11.8. The van der Waals surface area contributed by atoms with Crippen LogP contribution in [0.1, 0.15) is 0 Å². The topological polar surface area (TPSA) is 149 Å². The summed E-state index contributed by atoms with van der Waals surface area (Å²) in [6.07, 6.45) is -20.3. The van der Waals surface area contributed by atoms with Crippen LogP contribution in [-0.4, -0.2) is 69.0 Å². The van der Waals surface area contributed by atoms with Crippen molar-refractivity contribution in [2.24, 2.45) is 0 Å². The molecule has 32 heavy (non-hydrogen) atoms. The minimum absolute atomic E-state index is 0. The van der Waals surface area contributed by atoms with Gasteiger partial charge in [-0.1, -0.05) is 0 Å². The molecule has 192 valence electrons. The number of carboxylic acid groups (broad SMARTS) is 4. The molecule has 8 nitrogen and oxygen atoms in total. The summed E-state index contributed by atoms with van der Waals surface area (Å²) in [5.74, 6) is -11.0. The van der Waals surface area contributed by atoms with E-state index in [1.165, 1.54) is 0 Å². The van der Waals surface area contributed by atoms with Gasteiger partial charge in [0.1, 0.15) is 0 Å². The molecule has 24 heteroatoms. The zero-order valence-corrected chi connectivity index (χ0v) is 18.3. The maximum Gasteiger partial charge on any atom is 0.490 e. The second kappa shape index (κ2) is 20.6. The minimum Gasteiger partial charge on any atom is -1.00 e. The van der Waals surface area contributed by atoms with E-state index in [1.807, 2.05) is 0 Å². The van der Waals surface area contributed by atoms with Gasteiger partial charge in [-0.15, -0.1) is 0 Å². The molecule has 4 N–H and O–H groups in total. The molecule has 0 bridgehead atoms. The molecule has 0 radical (unpaired) electrons. The van der Waals surface area contributed by atoms with Gasteiger partial charge in [-0.3, -0.25) is 0 Å². The first kappa shape index (κ1) is 52.8. The fourth-order valence-corrected chi connectivity index (χ4v) is 0. The van der Waals surface area contributed by atoms with E-state index in [-0.39, 0.29) is 68.2 Å². The van der Waals surface area contributed by atoms with Gasteiger partial charge >= 0.3 is 48.6 Å². The number of halogens is 14. The molecule has 0 rings (SSSR count). The van der Waals surface area contributed by atoms with Gasteiger partial charge in [0.05, 0.1) is 0 Å². The molecule has 0 unspecified atom stereocenters. The molecule has 0 aromatic carbocycles. The van der Waals surface area contributed by atoms with Crippen molar-refractivity contribution in [3.63, 3.8) is 0 Å². The van der Waals surface area contributed by atoms with E-state index in [2.05, 4.69) is 0 Å². The van der Waals surface area contributed by atoms with Gasteiger partial charge in [-0.2, -0.15) is 52.7 Å². The average Bonchev–Trinajstić information content (AvgIpc) is 2.35. The summed E-state index contributed by atoms with van der Waals surface area (Å²) < 4.78 is 127. The van der Waals surface area contributed by atoms with Crippen molar-refractivity contribution in [3.8, 4) is 0 Å². The Morgan fingerprint density at radius 1 is 0.375 bits per heavy atom. The molecule has 0 aliphatic heterocycles. The molecule has 0 saturated carbocycles. The minimum atomic E-state index is -5.08. The summed E-state index contributed by atoms with van der Waals surface area (Å²) in [6, 6.07) is 0. The van der Waals surface area contributed by atoms with Crippen LogP contribution in [0.5, 0.6) is 0 Å². The Labute approximate surface area is 208 Å². The van der Waals surface area contributed by atoms with Gasteiger partial charge in [0.2, 0.25) is 0 Å². The molecule has 0 saturated heterocycles. The standard InChI is InChI=1S/4C2HF3O2.2ClH.2Ti/c4*3-2(4,5)1(6)7;;;;/h4*(H,6,7);2*1H;;/p-2. The predicted molar refractivity (Wildman–Crippen MR) is 54.8 cm³/mol. The Morgan fingerprint density at radius 2 is 0.406 bits per heavy atom. The Kier molecular flexibility index (Phi) is 34.0. The van der Waals surface area contributed by atoms with Gasteiger partial charge in [-0.05, 0) is 0 Å². The van der Waals surface area contributed by atoms with Crippen molar-refractivity contribution >= 4 is 23.9 Å². The maximum absolute atomic E-state index is 10.6. The summed E-state index contributed by atoms with van der Waals surface area (Å²) >= 11 is 0. The second-order valence-electron chi connectivity index (χ2n) is 3.21. The number of hydrogen-bond donors (Lipinski definition) is 4. The van der Waals surface area contributed by atoms with E-state index in [1.54, 1.807) is 0 Å². The van der Waals surface area contributed by atoms with E-state index in [9.17, 15) is 52.7 Å². The number of hydrogen-bond acceptors (Lipinski definition) is 4. The first-order valence-corrected chi connectivity index (χ1v) is 4.98. The smallest absolute Gasteiger partial charge is 0.490 e. The van der Waals surface area contributed by atoms with Crippen molar-refractivity contribution in [2.45, 2.75) is 24.7 Å². The van der Waals surface area contributed by atoms with Crippen LogP contribution in [0.25, 0.3) is 0 Å². The monoisotopic (exact) mass is 622 g/mol. The largest absolute Gasteiger partial charge is 1.00 e. The molecule has 0 spiro atoms. The van der Waals surface area contributed by atoms with Crippen LogP contribution in [-0.2, 0) is 62.6 Å². The Morgan fingerprint density at radius 3 is 0.406 bits per heavy atom. The van der Waals surface area contributed by atoms with Crippen molar-refractivity contribution in [2.75, 3.05) is 0 Å². The van der Waals surface area contributed by atoms with E-state index >= 15 is 0 Å². The van der Waals surface area contributed by atoms with E-state index in [0.29, 0.717) is 0 Å². The number of aliphatic carboxylic acids is 4. The van der Waals surface area contributed by atoms with Crippen molar-refractivity contribution in [1.82, 2.24) is 0 Å². The first-order valence-electron chi connectivity index (χ1n) is 4.98. The summed E-state index contributed by atoms with van der Waals surface area (Å²) in [5, 5.41) is 28.5. The van der Waals surface area contributed by atoms with Gasteiger partial charge in [0.15, 0.2) is 0 Å². The Balaban J connectivity index is -0.0000000384. The maximum atomic E-state index is 10.6.